The molecule has 0 atom stereocenters. The molecule has 7 heteroatoms. The van der Waals surface area contributed by atoms with Gasteiger partial charge in [0.2, 0.25) is 11.1 Å². The van der Waals surface area contributed by atoms with Crippen molar-refractivity contribution in [1.82, 2.24) is 20.2 Å². The van der Waals surface area contributed by atoms with Gasteiger partial charge >= 0.3 is 0 Å². The molecule has 1 aromatic heterocycles. The van der Waals surface area contributed by atoms with E-state index in [1.165, 1.54) is 4.68 Å². The van der Waals surface area contributed by atoms with Crippen molar-refractivity contribution in [3.8, 4) is 5.69 Å². The molecule has 6 nitrogen and oxygen atoms in total. The fourth-order valence-electron chi connectivity index (χ4n) is 1.31. The number of thiol groups is 1. The third-order valence-electron chi connectivity index (χ3n) is 2.15. The summed E-state index contributed by atoms with van der Waals surface area (Å²) in [5, 5.41) is 14.1. The number of nitrogens with zero attached hydrogens (tertiary/aromatic N) is 4. The summed E-state index contributed by atoms with van der Waals surface area (Å²) in [6.45, 7) is 1.80. The maximum absolute atomic E-state index is 11.3. The average Bonchev–Trinajstić information content (AvgIpc) is 2.75. The molecule has 1 N–H and O–H groups in total. The van der Waals surface area contributed by atoms with E-state index >= 15 is 0 Å². The largest absolute Gasteiger partial charge is 0.326 e. The van der Waals surface area contributed by atoms with Crippen LogP contribution in [0.15, 0.2) is 29.4 Å². The van der Waals surface area contributed by atoms with Crippen molar-refractivity contribution in [2.24, 2.45) is 0 Å². The van der Waals surface area contributed by atoms with Crippen molar-refractivity contribution >= 4 is 24.2 Å². The summed E-state index contributed by atoms with van der Waals surface area (Å²) >= 11 is 4.12. The molecule has 0 aliphatic carbocycles. The van der Waals surface area contributed by atoms with Crippen LogP contribution >= 0.6 is 12.6 Å². The lowest BCUT2D eigenvalue weighted by Gasteiger charge is -2.06. The Hall–Kier alpha value is -1.89. The van der Waals surface area contributed by atoms with E-state index in [0.717, 1.165) is 5.69 Å². The number of tetrazole rings is 1. The van der Waals surface area contributed by atoms with Crippen molar-refractivity contribution in [1.29, 1.82) is 0 Å². The summed E-state index contributed by atoms with van der Waals surface area (Å²) in [6.07, 6.45) is 0.437. The van der Waals surface area contributed by atoms with Crippen LogP contribution in [0.3, 0.4) is 0 Å². The number of hydrogen-bond acceptors (Lipinski definition) is 5. The molecule has 0 radical (unpaired) electrons. The highest BCUT2D eigenvalue weighted by Crippen LogP contribution is 2.15. The standard InChI is InChI=1S/C10H11N5OS/c1-2-9(16)11-7-4-3-5-8(6-7)15-10(17)12-13-14-15/h3-6H,2H2,1H3,(H,11,16)(H,12,14,17). The van der Waals surface area contributed by atoms with Gasteiger partial charge in [-0.05, 0) is 28.6 Å². The van der Waals surface area contributed by atoms with Crippen molar-refractivity contribution < 1.29 is 4.79 Å². The van der Waals surface area contributed by atoms with Gasteiger partial charge in [-0.15, -0.1) is 17.7 Å². The Balaban J connectivity index is 2.29. The van der Waals surface area contributed by atoms with Crippen LogP contribution in [-0.2, 0) is 4.79 Å². The second-order valence-corrected chi connectivity index (χ2v) is 3.74. The predicted molar refractivity (Wildman–Crippen MR) is 65.3 cm³/mol. The number of amides is 1. The second-order valence-electron chi connectivity index (χ2n) is 3.34. The number of anilines is 1. The fourth-order valence-corrected chi connectivity index (χ4v) is 1.51. The molecule has 1 heterocycles. The molecule has 0 saturated heterocycles. The molecule has 1 amide bonds. The molecule has 0 aliphatic heterocycles. The Morgan fingerprint density at radius 2 is 2.35 bits per heavy atom. The summed E-state index contributed by atoms with van der Waals surface area (Å²) in [5.74, 6) is -0.0371. The van der Waals surface area contributed by atoms with Crippen molar-refractivity contribution in [3.63, 3.8) is 0 Å². The molecule has 0 bridgehead atoms. The zero-order valence-corrected chi connectivity index (χ0v) is 10.1. The molecule has 0 spiro atoms. The van der Waals surface area contributed by atoms with E-state index in [9.17, 15) is 4.79 Å². The van der Waals surface area contributed by atoms with Gasteiger partial charge in [-0.25, -0.2) is 0 Å². The lowest BCUT2D eigenvalue weighted by atomic mass is 10.2. The first-order chi connectivity index (χ1) is 8.20. The molecule has 17 heavy (non-hydrogen) atoms. The highest BCUT2D eigenvalue weighted by atomic mass is 32.1. The molecule has 1 aromatic carbocycles. The topological polar surface area (TPSA) is 72.7 Å². The summed E-state index contributed by atoms with van der Waals surface area (Å²) in [6, 6.07) is 7.23. The highest BCUT2D eigenvalue weighted by Gasteiger charge is 2.05. The minimum atomic E-state index is -0.0371. The number of hydrogen-bond donors (Lipinski definition) is 2. The van der Waals surface area contributed by atoms with E-state index in [-0.39, 0.29) is 5.91 Å². The van der Waals surface area contributed by atoms with Gasteiger partial charge in [0.1, 0.15) is 0 Å². The van der Waals surface area contributed by atoms with Crippen LogP contribution in [-0.4, -0.2) is 26.1 Å². The molecular formula is C10H11N5OS. The van der Waals surface area contributed by atoms with E-state index in [0.29, 0.717) is 17.3 Å². The van der Waals surface area contributed by atoms with E-state index < -0.39 is 0 Å². The zero-order chi connectivity index (χ0) is 12.3. The number of nitrogens with one attached hydrogen (secondary N) is 1. The number of carbonyl (C=O) groups is 1. The average molecular weight is 249 g/mol. The normalized spacial score (nSPS) is 10.2. The van der Waals surface area contributed by atoms with Gasteiger partial charge in [0.15, 0.2) is 0 Å². The van der Waals surface area contributed by atoms with Crippen molar-refractivity contribution in [3.05, 3.63) is 24.3 Å². The Bertz CT molecular complexity index is 539. The number of rotatable bonds is 3. The molecule has 88 valence electrons. The lowest BCUT2D eigenvalue weighted by Crippen LogP contribution is -2.09. The maximum atomic E-state index is 11.3. The molecule has 0 fully saturated rings. The van der Waals surface area contributed by atoms with Gasteiger partial charge in [0.25, 0.3) is 0 Å². The maximum Gasteiger partial charge on any atom is 0.224 e. The molecule has 2 aromatic rings. The van der Waals surface area contributed by atoms with Gasteiger partial charge < -0.3 is 5.32 Å². The Morgan fingerprint density at radius 1 is 1.53 bits per heavy atom. The fraction of sp³-hybridized carbons (Fsp3) is 0.200. The van der Waals surface area contributed by atoms with Crippen LogP contribution in [0.4, 0.5) is 5.69 Å². The monoisotopic (exact) mass is 249 g/mol. The first kappa shape index (κ1) is 11.6. The minimum Gasteiger partial charge on any atom is -0.326 e. The van der Waals surface area contributed by atoms with Crippen LogP contribution in [0, 0.1) is 0 Å². The number of aromatic nitrogens is 4. The SMILES string of the molecule is CCC(=O)Nc1cccc(-n2nnnc2S)c1. The molecule has 2 rings (SSSR count). The zero-order valence-electron chi connectivity index (χ0n) is 9.16. The first-order valence-electron chi connectivity index (χ1n) is 5.08. The van der Waals surface area contributed by atoms with Crippen LogP contribution in [0.2, 0.25) is 0 Å². The number of benzene rings is 1. The van der Waals surface area contributed by atoms with Crippen LogP contribution in [0.5, 0.6) is 0 Å². The smallest absolute Gasteiger partial charge is 0.224 e. The summed E-state index contributed by atoms with van der Waals surface area (Å²) in [7, 11) is 0. The van der Waals surface area contributed by atoms with Gasteiger partial charge in [-0.3, -0.25) is 4.79 Å². The van der Waals surface area contributed by atoms with E-state index in [4.69, 9.17) is 0 Å². The van der Waals surface area contributed by atoms with Gasteiger partial charge in [0, 0.05) is 12.1 Å². The number of carbonyl (C=O) groups excluding carboxylic acids is 1. The summed E-state index contributed by atoms with van der Waals surface area (Å²) in [4.78, 5) is 11.3. The predicted octanol–water partition coefficient (Wildman–Crippen LogP) is 1.30. The van der Waals surface area contributed by atoms with Crippen LogP contribution < -0.4 is 5.32 Å². The van der Waals surface area contributed by atoms with Crippen molar-refractivity contribution in [2.45, 2.75) is 18.5 Å². The van der Waals surface area contributed by atoms with Gasteiger partial charge in [-0.1, -0.05) is 13.0 Å². The summed E-state index contributed by atoms with van der Waals surface area (Å²) < 4.78 is 1.48. The first-order valence-corrected chi connectivity index (χ1v) is 5.53. The van der Waals surface area contributed by atoms with Gasteiger partial charge in [0.05, 0.1) is 5.69 Å². The van der Waals surface area contributed by atoms with Crippen LogP contribution in [0.1, 0.15) is 13.3 Å². The Morgan fingerprint density at radius 3 is 3.00 bits per heavy atom. The second kappa shape index (κ2) is 4.96. The lowest BCUT2D eigenvalue weighted by molar-refractivity contribution is -0.115. The molecule has 0 aliphatic rings. The van der Waals surface area contributed by atoms with Crippen molar-refractivity contribution in [2.75, 3.05) is 5.32 Å². The third-order valence-corrected chi connectivity index (χ3v) is 2.43. The van der Waals surface area contributed by atoms with E-state index in [1.807, 2.05) is 12.1 Å². The minimum absolute atomic E-state index is 0.0371. The molecule has 0 saturated carbocycles. The summed E-state index contributed by atoms with van der Waals surface area (Å²) in [5.41, 5.74) is 1.45. The van der Waals surface area contributed by atoms with Gasteiger partial charge in [-0.2, -0.15) is 4.68 Å². The Kier molecular flexibility index (Phi) is 3.38. The van der Waals surface area contributed by atoms with E-state index in [2.05, 4.69) is 33.5 Å². The third kappa shape index (κ3) is 2.62. The van der Waals surface area contributed by atoms with E-state index in [1.54, 1.807) is 19.1 Å². The quantitative estimate of drug-likeness (QED) is 0.804. The highest BCUT2D eigenvalue weighted by molar-refractivity contribution is 7.80. The Labute approximate surface area is 103 Å². The van der Waals surface area contributed by atoms with Crippen LogP contribution in [0.25, 0.3) is 5.69 Å². The molecular weight excluding hydrogens is 238 g/mol. The molecule has 0 unspecified atom stereocenters.